The highest BCUT2D eigenvalue weighted by atomic mass is 16.5. The van der Waals surface area contributed by atoms with Crippen molar-refractivity contribution in [2.24, 2.45) is 0 Å². The van der Waals surface area contributed by atoms with E-state index in [1.54, 1.807) is 24.7 Å². The van der Waals surface area contributed by atoms with Crippen LogP contribution in [0.4, 0.5) is 5.82 Å². The van der Waals surface area contributed by atoms with Crippen LogP contribution in [-0.4, -0.2) is 52.5 Å². The molecule has 0 aliphatic heterocycles. The zero-order valence-electron chi connectivity index (χ0n) is 16.6. The molecule has 4 aromatic heterocycles. The minimum Gasteiger partial charge on any atom is -0.479 e. The van der Waals surface area contributed by atoms with E-state index in [9.17, 15) is 4.79 Å². The molecular formula is C19H19N9O2. The summed E-state index contributed by atoms with van der Waals surface area (Å²) >= 11 is 0. The van der Waals surface area contributed by atoms with Crippen molar-refractivity contribution in [3.05, 3.63) is 54.9 Å². The third-order valence-electron chi connectivity index (χ3n) is 4.25. The number of amides is 1. The number of hydrogen-bond acceptors (Lipinski definition) is 8. The van der Waals surface area contributed by atoms with Gasteiger partial charge in [0.15, 0.2) is 11.6 Å². The van der Waals surface area contributed by atoms with Crippen LogP contribution in [0.2, 0.25) is 0 Å². The second kappa shape index (κ2) is 8.07. The molecule has 0 spiro atoms. The molecule has 0 unspecified atom stereocenters. The summed E-state index contributed by atoms with van der Waals surface area (Å²) < 4.78 is 8.58. The van der Waals surface area contributed by atoms with Gasteiger partial charge in [0.2, 0.25) is 5.88 Å². The molecule has 0 aliphatic rings. The van der Waals surface area contributed by atoms with E-state index in [1.165, 1.54) is 30.4 Å². The summed E-state index contributed by atoms with van der Waals surface area (Å²) in [5.41, 5.74) is 0.835. The predicted molar refractivity (Wildman–Crippen MR) is 107 cm³/mol. The normalized spacial score (nSPS) is 10.9. The zero-order chi connectivity index (χ0) is 21.1. The molecule has 0 aliphatic carbocycles. The average Bonchev–Trinajstić information content (AvgIpc) is 3.42. The molecule has 4 rings (SSSR count). The number of carbonyl (C=O) groups excluding carboxylic acids is 1. The Morgan fingerprint density at radius 2 is 2.10 bits per heavy atom. The van der Waals surface area contributed by atoms with Crippen molar-refractivity contribution < 1.29 is 9.53 Å². The Kier molecular flexibility index (Phi) is 5.16. The first-order valence-corrected chi connectivity index (χ1v) is 9.15. The number of hydrogen-bond donors (Lipinski definition) is 1. The number of nitrogens with one attached hydrogen (secondary N) is 1. The number of pyridine rings is 1. The quantitative estimate of drug-likeness (QED) is 0.517. The fraction of sp³-hybridized carbons (Fsp3) is 0.211. The molecule has 4 heterocycles. The van der Waals surface area contributed by atoms with Crippen molar-refractivity contribution >= 4 is 11.7 Å². The number of nitrogens with zero attached hydrogens (tertiary/aromatic N) is 8. The van der Waals surface area contributed by atoms with Crippen molar-refractivity contribution in [2.75, 3.05) is 12.4 Å². The molecule has 1 N–H and O–H groups in total. The van der Waals surface area contributed by atoms with E-state index in [0.29, 0.717) is 23.2 Å². The van der Waals surface area contributed by atoms with E-state index in [4.69, 9.17) is 4.74 Å². The molecule has 1 amide bonds. The van der Waals surface area contributed by atoms with Crippen LogP contribution in [-0.2, 0) is 0 Å². The van der Waals surface area contributed by atoms with Gasteiger partial charge < -0.3 is 14.6 Å². The maximum Gasteiger partial charge on any atom is 0.263 e. The molecule has 11 nitrogen and oxygen atoms in total. The summed E-state index contributed by atoms with van der Waals surface area (Å²) in [6.07, 6.45) is 7.80. The average molecular weight is 405 g/mol. The molecule has 0 saturated heterocycles. The molecule has 0 saturated carbocycles. The Morgan fingerprint density at radius 3 is 2.83 bits per heavy atom. The summed E-state index contributed by atoms with van der Waals surface area (Å²) in [5.74, 6) is 1.19. The standard InChI is InChI=1S/C19H19N9O2/c1-12(2)27-11-22-25-17(27)14-5-4-6-15(23-14)24-18(29)13-10-28(26-19(13)30-3)16-9-20-7-8-21-16/h4-12H,1-3H3,(H,23,24,29). The van der Waals surface area contributed by atoms with Gasteiger partial charge in [-0.05, 0) is 26.0 Å². The monoisotopic (exact) mass is 405 g/mol. The topological polar surface area (TPSA) is 126 Å². The first-order valence-electron chi connectivity index (χ1n) is 9.15. The molecular weight excluding hydrogens is 386 g/mol. The maximum atomic E-state index is 12.9. The highest BCUT2D eigenvalue weighted by Gasteiger charge is 2.20. The number of anilines is 1. The van der Waals surface area contributed by atoms with Gasteiger partial charge >= 0.3 is 0 Å². The van der Waals surface area contributed by atoms with Crippen LogP contribution in [0, 0.1) is 0 Å². The van der Waals surface area contributed by atoms with Crippen LogP contribution in [0.5, 0.6) is 5.88 Å². The number of ether oxygens (including phenoxy) is 1. The van der Waals surface area contributed by atoms with Gasteiger partial charge in [-0.3, -0.25) is 9.78 Å². The Morgan fingerprint density at radius 1 is 1.23 bits per heavy atom. The number of carbonyl (C=O) groups is 1. The van der Waals surface area contributed by atoms with Crippen molar-refractivity contribution in [3.8, 4) is 23.2 Å². The molecule has 0 radical (unpaired) electrons. The van der Waals surface area contributed by atoms with E-state index in [0.717, 1.165) is 0 Å². The summed E-state index contributed by atoms with van der Waals surface area (Å²) in [7, 11) is 1.44. The Labute approximate surface area is 171 Å². The van der Waals surface area contributed by atoms with Crippen LogP contribution in [0.25, 0.3) is 17.3 Å². The molecule has 0 bridgehead atoms. The Balaban J connectivity index is 1.60. The lowest BCUT2D eigenvalue weighted by Crippen LogP contribution is -2.14. The molecule has 0 aromatic carbocycles. The Bertz CT molecular complexity index is 1170. The first-order chi connectivity index (χ1) is 14.6. The summed E-state index contributed by atoms with van der Waals surface area (Å²) in [6.45, 7) is 4.05. The maximum absolute atomic E-state index is 12.9. The minimum absolute atomic E-state index is 0.161. The third-order valence-corrected chi connectivity index (χ3v) is 4.25. The fourth-order valence-corrected chi connectivity index (χ4v) is 2.81. The molecule has 4 aromatic rings. The van der Waals surface area contributed by atoms with Crippen LogP contribution < -0.4 is 10.1 Å². The third kappa shape index (κ3) is 3.72. The van der Waals surface area contributed by atoms with Gasteiger partial charge in [0, 0.05) is 24.6 Å². The van der Waals surface area contributed by atoms with Crippen LogP contribution in [0.1, 0.15) is 30.2 Å². The molecule has 11 heteroatoms. The van der Waals surface area contributed by atoms with Crippen molar-refractivity contribution in [2.45, 2.75) is 19.9 Å². The lowest BCUT2D eigenvalue weighted by molar-refractivity contribution is 0.102. The van der Waals surface area contributed by atoms with E-state index >= 15 is 0 Å². The molecule has 152 valence electrons. The largest absolute Gasteiger partial charge is 0.479 e. The van der Waals surface area contributed by atoms with Gasteiger partial charge in [-0.25, -0.2) is 14.6 Å². The van der Waals surface area contributed by atoms with Crippen LogP contribution in [0.3, 0.4) is 0 Å². The molecule has 0 fully saturated rings. The van der Waals surface area contributed by atoms with Crippen LogP contribution in [0.15, 0.2) is 49.3 Å². The highest BCUT2D eigenvalue weighted by molar-refractivity contribution is 6.05. The zero-order valence-corrected chi connectivity index (χ0v) is 16.6. The van der Waals surface area contributed by atoms with Gasteiger partial charge in [-0.1, -0.05) is 6.07 Å². The summed E-state index contributed by atoms with van der Waals surface area (Å²) in [5, 5.41) is 15.1. The smallest absolute Gasteiger partial charge is 0.263 e. The van der Waals surface area contributed by atoms with E-state index in [-0.39, 0.29) is 17.5 Å². The van der Waals surface area contributed by atoms with Crippen molar-refractivity contribution in [1.29, 1.82) is 0 Å². The van der Waals surface area contributed by atoms with E-state index in [1.807, 2.05) is 24.5 Å². The van der Waals surface area contributed by atoms with Crippen molar-refractivity contribution in [3.63, 3.8) is 0 Å². The van der Waals surface area contributed by atoms with Crippen LogP contribution >= 0.6 is 0 Å². The first kappa shape index (κ1) is 19.2. The predicted octanol–water partition coefficient (Wildman–Crippen LogP) is 2.16. The van der Waals surface area contributed by atoms with Gasteiger partial charge in [0.25, 0.3) is 5.91 Å². The Hall–Kier alpha value is -4.15. The van der Waals surface area contributed by atoms with E-state index in [2.05, 4.69) is 35.6 Å². The van der Waals surface area contributed by atoms with E-state index < -0.39 is 5.91 Å². The molecule has 30 heavy (non-hydrogen) atoms. The second-order valence-electron chi connectivity index (χ2n) is 6.58. The molecule has 0 atom stereocenters. The summed E-state index contributed by atoms with van der Waals surface area (Å²) in [4.78, 5) is 25.5. The highest BCUT2D eigenvalue weighted by Crippen LogP contribution is 2.22. The van der Waals surface area contributed by atoms with Crippen molar-refractivity contribution in [1.82, 2.24) is 39.5 Å². The lowest BCUT2D eigenvalue weighted by atomic mass is 10.3. The second-order valence-corrected chi connectivity index (χ2v) is 6.58. The fourth-order valence-electron chi connectivity index (χ4n) is 2.81. The van der Waals surface area contributed by atoms with Gasteiger partial charge in [0.05, 0.1) is 13.3 Å². The number of methoxy groups -OCH3 is 1. The minimum atomic E-state index is -0.419. The summed E-state index contributed by atoms with van der Waals surface area (Å²) in [6, 6.07) is 5.46. The van der Waals surface area contributed by atoms with Gasteiger partial charge in [-0.2, -0.15) is 0 Å². The lowest BCUT2D eigenvalue weighted by Gasteiger charge is -2.10. The SMILES string of the molecule is COc1nn(-c2cnccn2)cc1C(=O)Nc1cccc(-c2nncn2C(C)C)n1. The number of aromatic nitrogens is 8. The van der Waals surface area contributed by atoms with Gasteiger partial charge in [-0.15, -0.1) is 15.3 Å². The number of rotatable bonds is 6. The van der Waals surface area contributed by atoms with Gasteiger partial charge in [0.1, 0.15) is 23.4 Å².